The van der Waals surface area contributed by atoms with Crippen LogP contribution in [0.25, 0.3) is 0 Å². The summed E-state index contributed by atoms with van der Waals surface area (Å²) in [5.41, 5.74) is 3.51. The van der Waals surface area contributed by atoms with Crippen LogP contribution in [0.2, 0.25) is 0 Å². The Kier molecular flexibility index (Phi) is 3.09. The second kappa shape index (κ2) is 4.78. The van der Waals surface area contributed by atoms with E-state index in [1.54, 1.807) is 0 Å². The van der Waals surface area contributed by atoms with E-state index in [1.165, 1.54) is 11.3 Å². The molecule has 0 spiro atoms. The Morgan fingerprint density at radius 3 is 2.05 bits per heavy atom. The minimum Gasteiger partial charge on any atom is -0.259 e. The van der Waals surface area contributed by atoms with Gasteiger partial charge in [0.15, 0.2) is 0 Å². The predicted molar refractivity (Wildman–Crippen MR) is 85.1 cm³/mol. The Hall–Kier alpha value is -2.09. The van der Waals surface area contributed by atoms with Crippen molar-refractivity contribution in [1.82, 2.24) is 0 Å². The fourth-order valence-electron chi connectivity index (χ4n) is 2.72. The van der Waals surface area contributed by atoms with Crippen LogP contribution in [0.5, 0.6) is 0 Å². The minimum absolute atomic E-state index is 0.0213. The van der Waals surface area contributed by atoms with E-state index in [2.05, 4.69) is 74.3 Å². The molecule has 0 amide bonds. The molecule has 0 saturated carbocycles. The standard InChI is InChI=1S/C18H20N2/c1-14-17(15-10-6-4-7-11-15)19-20(18(14,2)3)16-12-8-5-9-13-16/h4-14H,1-3H3/t14-/m0/s1. The molecule has 1 heterocycles. The molecule has 2 nitrogen and oxygen atoms in total. The number of hydrogen-bond acceptors (Lipinski definition) is 2. The van der Waals surface area contributed by atoms with Crippen molar-refractivity contribution in [2.24, 2.45) is 11.0 Å². The fraction of sp³-hybridized carbons (Fsp3) is 0.278. The predicted octanol–water partition coefficient (Wildman–Crippen LogP) is 4.33. The molecule has 0 bridgehead atoms. The number of rotatable bonds is 2. The summed E-state index contributed by atoms with van der Waals surface area (Å²) in [5.74, 6) is 0.380. The van der Waals surface area contributed by atoms with Gasteiger partial charge in [0.2, 0.25) is 0 Å². The Morgan fingerprint density at radius 1 is 0.900 bits per heavy atom. The third-order valence-electron chi connectivity index (χ3n) is 4.29. The highest BCUT2D eigenvalue weighted by Gasteiger charge is 2.42. The Balaban J connectivity index is 2.05. The van der Waals surface area contributed by atoms with Crippen LogP contribution in [0.3, 0.4) is 0 Å². The maximum atomic E-state index is 4.91. The molecule has 20 heavy (non-hydrogen) atoms. The lowest BCUT2D eigenvalue weighted by atomic mass is 9.83. The lowest BCUT2D eigenvalue weighted by Gasteiger charge is -2.34. The maximum absolute atomic E-state index is 4.91. The maximum Gasteiger partial charge on any atom is 0.0734 e. The molecule has 1 aliphatic heterocycles. The number of hydrogen-bond donors (Lipinski definition) is 0. The molecule has 0 aromatic heterocycles. The van der Waals surface area contributed by atoms with Crippen molar-refractivity contribution >= 4 is 11.4 Å². The van der Waals surface area contributed by atoms with Crippen LogP contribution in [0.4, 0.5) is 5.69 Å². The van der Waals surface area contributed by atoms with Crippen LogP contribution in [0.1, 0.15) is 26.3 Å². The third kappa shape index (κ3) is 2.01. The summed E-state index contributed by atoms with van der Waals surface area (Å²) in [6.07, 6.45) is 0. The molecule has 0 aliphatic carbocycles. The quantitative estimate of drug-likeness (QED) is 0.788. The molecule has 0 N–H and O–H groups in total. The molecule has 2 heteroatoms. The van der Waals surface area contributed by atoms with E-state index in [0.29, 0.717) is 5.92 Å². The first-order valence-corrected chi connectivity index (χ1v) is 7.10. The highest BCUT2D eigenvalue weighted by molar-refractivity contribution is 6.05. The van der Waals surface area contributed by atoms with Crippen molar-refractivity contribution in [2.75, 3.05) is 5.01 Å². The summed E-state index contributed by atoms with van der Waals surface area (Å²) < 4.78 is 0. The van der Waals surface area contributed by atoms with Gasteiger partial charge in [0, 0.05) is 5.92 Å². The minimum atomic E-state index is -0.0213. The van der Waals surface area contributed by atoms with Gasteiger partial charge in [-0.05, 0) is 31.5 Å². The number of anilines is 1. The smallest absolute Gasteiger partial charge is 0.0734 e. The molecule has 0 unspecified atom stereocenters. The Bertz CT molecular complexity index is 614. The van der Waals surface area contributed by atoms with Crippen LogP contribution in [-0.4, -0.2) is 11.3 Å². The highest BCUT2D eigenvalue weighted by Crippen LogP contribution is 2.38. The average molecular weight is 264 g/mol. The normalized spacial score (nSPS) is 20.9. The van der Waals surface area contributed by atoms with Gasteiger partial charge in [-0.25, -0.2) is 0 Å². The summed E-state index contributed by atoms with van der Waals surface area (Å²) in [4.78, 5) is 0. The van der Waals surface area contributed by atoms with E-state index in [9.17, 15) is 0 Å². The van der Waals surface area contributed by atoms with Gasteiger partial charge in [0.25, 0.3) is 0 Å². The number of hydrazone groups is 1. The van der Waals surface area contributed by atoms with Crippen LogP contribution >= 0.6 is 0 Å². The first kappa shape index (κ1) is 12.9. The van der Waals surface area contributed by atoms with Gasteiger partial charge in [-0.2, -0.15) is 5.10 Å². The SMILES string of the molecule is C[C@H]1C(c2ccccc2)=NN(c2ccccc2)C1(C)C. The van der Waals surface area contributed by atoms with Gasteiger partial charge in [0.1, 0.15) is 0 Å². The number of nitrogens with zero attached hydrogens (tertiary/aromatic N) is 2. The van der Waals surface area contributed by atoms with Crippen molar-refractivity contribution in [1.29, 1.82) is 0 Å². The van der Waals surface area contributed by atoms with Gasteiger partial charge in [-0.1, -0.05) is 55.5 Å². The van der Waals surface area contributed by atoms with E-state index < -0.39 is 0 Å². The largest absolute Gasteiger partial charge is 0.259 e. The van der Waals surface area contributed by atoms with Crippen LogP contribution < -0.4 is 5.01 Å². The summed E-state index contributed by atoms with van der Waals surface area (Å²) in [5, 5.41) is 7.07. The molecule has 3 rings (SSSR count). The van der Waals surface area contributed by atoms with Gasteiger partial charge in [0.05, 0.1) is 16.9 Å². The van der Waals surface area contributed by atoms with Gasteiger partial charge >= 0.3 is 0 Å². The fourth-order valence-corrected chi connectivity index (χ4v) is 2.72. The van der Waals surface area contributed by atoms with Gasteiger partial charge < -0.3 is 0 Å². The number of para-hydroxylation sites is 1. The number of benzene rings is 2. The zero-order valence-electron chi connectivity index (χ0n) is 12.2. The molecular formula is C18H20N2. The van der Waals surface area contributed by atoms with E-state index in [4.69, 9.17) is 5.10 Å². The Labute approximate surface area is 120 Å². The topological polar surface area (TPSA) is 15.6 Å². The van der Waals surface area contributed by atoms with Gasteiger partial charge in [-0.3, -0.25) is 5.01 Å². The van der Waals surface area contributed by atoms with Crippen LogP contribution in [-0.2, 0) is 0 Å². The second-order valence-electron chi connectivity index (χ2n) is 5.87. The molecule has 0 fully saturated rings. The Morgan fingerprint density at radius 2 is 1.45 bits per heavy atom. The molecule has 0 saturated heterocycles. The molecule has 2 aromatic rings. The molecule has 2 aromatic carbocycles. The zero-order chi connectivity index (χ0) is 14.2. The van der Waals surface area contributed by atoms with Crippen molar-refractivity contribution in [3.05, 3.63) is 66.2 Å². The van der Waals surface area contributed by atoms with Crippen molar-refractivity contribution in [3.63, 3.8) is 0 Å². The third-order valence-corrected chi connectivity index (χ3v) is 4.29. The first-order chi connectivity index (χ1) is 9.60. The van der Waals surface area contributed by atoms with E-state index in [0.717, 1.165) is 5.69 Å². The van der Waals surface area contributed by atoms with Crippen molar-refractivity contribution in [3.8, 4) is 0 Å². The molecule has 1 atom stereocenters. The lowest BCUT2D eigenvalue weighted by Crippen LogP contribution is -2.42. The lowest BCUT2D eigenvalue weighted by molar-refractivity contribution is 0.425. The van der Waals surface area contributed by atoms with Crippen molar-refractivity contribution in [2.45, 2.75) is 26.3 Å². The molecule has 102 valence electrons. The van der Waals surface area contributed by atoms with Crippen molar-refractivity contribution < 1.29 is 0 Å². The molecular weight excluding hydrogens is 244 g/mol. The molecule has 0 radical (unpaired) electrons. The first-order valence-electron chi connectivity index (χ1n) is 7.10. The van der Waals surface area contributed by atoms with E-state index in [-0.39, 0.29) is 5.54 Å². The summed E-state index contributed by atoms with van der Waals surface area (Å²) in [6, 6.07) is 20.9. The second-order valence-corrected chi connectivity index (χ2v) is 5.87. The average Bonchev–Trinajstić information content (AvgIpc) is 2.72. The summed E-state index contributed by atoms with van der Waals surface area (Å²) in [7, 11) is 0. The van der Waals surface area contributed by atoms with Crippen LogP contribution in [0, 0.1) is 5.92 Å². The van der Waals surface area contributed by atoms with E-state index >= 15 is 0 Å². The van der Waals surface area contributed by atoms with Crippen LogP contribution in [0.15, 0.2) is 65.8 Å². The van der Waals surface area contributed by atoms with Gasteiger partial charge in [-0.15, -0.1) is 0 Å². The highest BCUT2D eigenvalue weighted by atomic mass is 15.5. The van der Waals surface area contributed by atoms with E-state index in [1.807, 2.05) is 12.1 Å². The zero-order valence-corrected chi connectivity index (χ0v) is 12.2. The monoisotopic (exact) mass is 264 g/mol. The summed E-state index contributed by atoms with van der Waals surface area (Å²) in [6.45, 7) is 6.77. The summed E-state index contributed by atoms with van der Waals surface area (Å²) >= 11 is 0. The molecule has 1 aliphatic rings.